The fourth-order valence-corrected chi connectivity index (χ4v) is 5.70. The standard InChI is InChI=1S/C23H27N3O5S/c27-20(15-17-5-4-14-32-17)24-11-7-23(8-12-24)26(22(29)19-6-3-13-30-19)18(16-31-23)21(28)25-9-1-2-10-25/h3-6,13-14,18H,1-2,7-12,15-16H2. The molecule has 2 aromatic heterocycles. The van der Waals surface area contributed by atoms with Gasteiger partial charge in [-0.2, -0.15) is 0 Å². The van der Waals surface area contributed by atoms with Crippen LogP contribution in [0.3, 0.4) is 0 Å². The minimum Gasteiger partial charge on any atom is -0.459 e. The van der Waals surface area contributed by atoms with Crippen molar-refractivity contribution in [1.29, 1.82) is 0 Å². The number of furan rings is 1. The predicted molar refractivity (Wildman–Crippen MR) is 117 cm³/mol. The van der Waals surface area contributed by atoms with Crippen LogP contribution in [0.5, 0.6) is 0 Å². The molecule has 0 N–H and O–H groups in total. The maximum Gasteiger partial charge on any atom is 0.292 e. The highest BCUT2D eigenvalue weighted by molar-refractivity contribution is 7.10. The summed E-state index contributed by atoms with van der Waals surface area (Å²) in [7, 11) is 0. The molecule has 2 aromatic rings. The summed E-state index contributed by atoms with van der Waals surface area (Å²) in [6, 6.07) is 6.53. The smallest absolute Gasteiger partial charge is 0.292 e. The van der Waals surface area contributed by atoms with Crippen LogP contribution < -0.4 is 0 Å². The average molecular weight is 458 g/mol. The molecular formula is C23H27N3O5S. The van der Waals surface area contributed by atoms with E-state index < -0.39 is 11.8 Å². The molecule has 5 heterocycles. The van der Waals surface area contributed by atoms with E-state index in [1.165, 1.54) is 6.26 Å². The Labute approximate surface area is 190 Å². The lowest BCUT2D eigenvalue weighted by Gasteiger charge is -2.44. The van der Waals surface area contributed by atoms with Gasteiger partial charge in [0.1, 0.15) is 11.8 Å². The Morgan fingerprint density at radius 3 is 2.47 bits per heavy atom. The van der Waals surface area contributed by atoms with Crippen molar-refractivity contribution in [3.8, 4) is 0 Å². The second-order valence-corrected chi connectivity index (χ2v) is 9.63. The van der Waals surface area contributed by atoms with Crippen molar-refractivity contribution < 1.29 is 23.5 Å². The Hall–Kier alpha value is -2.65. The highest BCUT2D eigenvalue weighted by Crippen LogP contribution is 2.39. The number of carbonyl (C=O) groups is 3. The Kier molecular flexibility index (Phi) is 5.77. The molecule has 0 radical (unpaired) electrons. The number of piperidine rings is 1. The summed E-state index contributed by atoms with van der Waals surface area (Å²) in [6.07, 6.45) is 4.76. The van der Waals surface area contributed by atoms with Gasteiger partial charge >= 0.3 is 0 Å². The number of nitrogens with zero attached hydrogens (tertiary/aromatic N) is 3. The zero-order valence-corrected chi connectivity index (χ0v) is 18.7. The van der Waals surface area contributed by atoms with Crippen molar-refractivity contribution in [2.45, 2.75) is 43.9 Å². The number of likely N-dealkylation sites (tertiary alicyclic amines) is 2. The number of carbonyl (C=O) groups excluding carboxylic acids is 3. The predicted octanol–water partition coefficient (Wildman–Crippen LogP) is 2.37. The third-order valence-electron chi connectivity index (χ3n) is 6.72. The van der Waals surface area contributed by atoms with Crippen molar-refractivity contribution in [3.63, 3.8) is 0 Å². The first kappa shape index (κ1) is 21.2. The fourth-order valence-electron chi connectivity index (χ4n) is 5.00. The van der Waals surface area contributed by atoms with E-state index in [1.54, 1.807) is 28.4 Å². The van der Waals surface area contributed by atoms with Crippen LogP contribution in [0.25, 0.3) is 0 Å². The van der Waals surface area contributed by atoms with Gasteiger partial charge in [0.2, 0.25) is 11.8 Å². The van der Waals surface area contributed by atoms with E-state index in [0.29, 0.717) is 32.4 Å². The van der Waals surface area contributed by atoms with E-state index in [9.17, 15) is 14.4 Å². The number of rotatable bonds is 4. The lowest BCUT2D eigenvalue weighted by Crippen LogP contribution is -2.60. The number of ether oxygens (including phenoxy) is 1. The van der Waals surface area contributed by atoms with Crippen molar-refractivity contribution in [2.24, 2.45) is 0 Å². The molecule has 0 aliphatic carbocycles. The first-order valence-electron chi connectivity index (χ1n) is 11.2. The van der Waals surface area contributed by atoms with Crippen molar-refractivity contribution in [3.05, 3.63) is 46.5 Å². The van der Waals surface area contributed by atoms with Gasteiger partial charge in [-0.3, -0.25) is 19.3 Å². The van der Waals surface area contributed by atoms with Crippen LogP contribution in [0.2, 0.25) is 0 Å². The molecule has 8 nitrogen and oxygen atoms in total. The van der Waals surface area contributed by atoms with Crippen LogP contribution in [0.4, 0.5) is 0 Å². The Bertz CT molecular complexity index is 960. The van der Waals surface area contributed by atoms with Gasteiger partial charge in [0.25, 0.3) is 5.91 Å². The van der Waals surface area contributed by atoms with Crippen LogP contribution in [-0.2, 0) is 20.7 Å². The van der Waals surface area contributed by atoms with Gasteiger partial charge in [0, 0.05) is 43.9 Å². The number of hydrogen-bond donors (Lipinski definition) is 0. The van der Waals surface area contributed by atoms with E-state index >= 15 is 0 Å². The van der Waals surface area contributed by atoms with Gasteiger partial charge in [-0.25, -0.2) is 0 Å². The summed E-state index contributed by atoms with van der Waals surface area (Å²) in [5, 5.41) is 1.97. The molecule has 9 heteroatoms. The zero-order chi connectivity index (χ0) is 22.1. The summed E-state index contributed by atoms with van der Waals surface area (Å²) in [4.78, 5) is 45.8. The lowest BCUT2D eigenvalue weighted by atomic mass is 9.97. The fraction of sp³-hybridized carbons (Fsp3) is 0.522. The molecule has 170 valence electrons. The van der Waals surface area contributed by atoms with Gasteiger partial charge in [-0.1, -0.05) is 6.07 Å². The van der Waals surface area contributed by atoms with E-state index in [-0.39, 0.29) is 30.1 Å². The molecule has 3 saturated heterocycles. The topological polar surface area (TPSA) is 83.3 Å². The molecule has 0 saturated carbocycles. The normalized spacial score (nSPS) is 22.6. The number of hydrogen-bond acceptors (Lipinski definition) is 6. The minimum atomic E-state index is -0.899. The summed E-state index contributed by atoms with van der Waals surface area (Å²) < 4.78 is 11.6. The molecular weight excluding hydrogens is 430 g/mol. The SMILES string of the molecule is O=C(Cc1cccs1)N1CCC2(CC1)OCC(C(=O)N1CCCC1)N2C(=O)c1ccco1. The zero-order valence-electron chi connectivity index (χ0n) is 17.9. The van der Waals surface area contributed by atoms with Gasteiger partial charge in [0.15, 0.2) is 5.76 Å². The maximum atomic E-state index is 13.4. The van der Waals surface area contributed by atoms with Gasteiger partial charge in [-0.15, -0.1) is 11.3 Å². The largest absolute Gasteiger partial charge is 0.459 e. The van der Waals surface area contributed by atoms with Gasteiger partial charge in [-0.05, 0) is 36.4 Å². The molecule has 1 unspecified atom stereocenters. The molecule has 0 aromatic carbocycles. The van der Waals surface area contributed by atoms with Crippen LogP contribution >= 0.6 is 11.3 Å². The molecule has 1 spiro atoms. The first-order valence-corrected chi connectivity index (χ1v) is 12.1. The Morgan fingerprint density at radius 1 is 1.03 bits per heavy atom. The van der Waals surface area contributed by atoms with E-state index in [0.717, 1.165) is 30.8 Å². The van der Waals surface area contributed by atoms with E-state index in [4.69, 9.17) is 9.15 Å². The maximum absolute atomic E-state index is 13.4. The Morgan fingerprint density at radius 2 is 1.81 bits per heavy atom. The lowest BCUT2D eigenvalue weighted by molar-refractivity contribution is -0.144. The molecule has 32 heavy (non-hydrogen) atoms. The molecule has 5 rings (SSSR count). The van der Waals surface area contributed by atoms with E-state index in [1.807, 2.05) is 27.3 Å². The molecule has 3 aliphatic heterocycles. The highest BCUT2D eigenvalue weighted by atomic mass is 32.1. The Balaban J connectivity index is 1.34. The van der Waals surface area contributed by atoms with Gasteiger partial charge in [0.05, 0.1) is 19.3 Å². The highest BCUT2D eigenvalue weighted by Gasteiger charge is 2.55. The summed E-state index contributed by atoms with van der Waals surface area (Å²) in [5.41, 5.74) is -0.899. The van der Waals surface area contributed by atoms with Crippen molar-refractivity contribution in [1.82, 2.24) is 14.7 Å². The second kappa shape index (κ2) is 8.71. The van der Waals surface area contributed by atoms with Crippen molar-refractivity contribution >= 4 is 29.1 Å². The molecule has 3 amide bonds. The molecule has 0 bridgehead atoms. The summed E-state index contributed by atoms with van der Waals surface area (Å²) in [5.74, 6) is -0.113. The summed E-state index contributed by atoms with van der Waals surface area (Å²) in [6.45, 7) is 2.57. The van der Waals surface area contributed by atoms with Crippen LogP contribution in [-0.4, -0.2) is 77.0 Å². The van der Waals surface area contributed by atoms with Crippen LogP contribution in [0, 0.1) is 0 Å². The second-order valence-electron chi connectivity index (χ2n) is 8.59. The summed E-state index contributed by atoms with van der Waals surface area (Å²) >= 11 is 1.57. The first-order chi connectivity index (χ1) is 15.6. The number of amides is 3. The van der Waals surface area contributed by atoms with Crippen LogP contribution in [0.15, 0.2) is 40.3 Å². The average Bonchev–Trinajstić information content (AvgIpc) is 3.61. The van der Waals surface area contributed by atoms with Crippen LogP contribution in [0.1, 0.15) is 41.1 Å². The molecule has 1 atom stereocenters. The minimum absolute atomic E-state index is 0.0597. The third-order valence-corrected chi connectivity index (χ3v) is 7.59. The molecule has 3 aliphatic rings. The van der Waals surface area contributed by atoms with Gasteiger partial charge < -0.3 is 19.0 Å². The number of thiophene rings is 1. The quantitative estimate of drug-likeness (QED) is 0.704. The van der Waals surface area contributed by atoms with Crippen molar-refractivity contribution in [2.75, 3.05) is 32.8 Å². The monoisotopic (exact) mass is 457 g/mol. The molecule has 3 fully saturated rings. The third kappa shape index (κ3) is 3.84. The van der Waals surface area contributed by atoms with E-state index in [2.05, 4.69) is 0 Å².